The average Bonchev–Trinajstić information content (AvgIpc) is 2.84. The number of fused-ring (bicyclic) bond motifs is 4. The summed E-state index contributed by atoms with van der Waals surface area (Å²) in [5, 5.41) is 3.32. The SMILES string of the molecule is O=C/C=C/c1c2oc3ccccc3cc-2c2ccccc12. The van der Waals surface area contributed by atoms with Gasteiger partial charge in [-0.25, -0.2) is 0 Å². The number of carbonyl (C=O) groups is 1. The molecule has 2 aromatic rings. The molecule has 2 heteroatoms. The highest BCUT2D eigenvalue weighted by Gasteiger charge is 2.19. The van der Waals surface area contributed by atoms with Crippen molar-refractivity contribution >= 4 is 34.1 Å². The van der Waals surface area contributed by atoms with Crippen LogP contribution in [0.25, 0.3) is 39.1 Å². The molecule has 2 aliphatic rings. The van der Waals surface area contributed by atoms with Gasteiger partial charge in [-0.2, -0.15) is 0 Å². The lowest BCUT2D eigenvalue weighted by Crippen LogP contribution is -1.80. The van der Waals surface area contributed by atoms with Crippen LogP contribution in [0.3, 0.4) is 0 Å². The molecule has 4 rings (SSSR count). The van der Waals surface area contributed by atoms with Gasteiger partial charge < -0.3 is 4.42 Å². The van der Waals surface area contributed by atoms with E-state index in [2.05, 4.69) is 18.2 Å². The lowest BCUT2D eigenvalue weighted by Gasteiger charge is -2.04. The van der Waals surface area contributed by atoms with Crippen molar-refractivity contribution in [2.24, 2.45) is 0 Å². The molecule has 0 aromatic heterocycles. The minimum Gasteiger partial charge on any atom is -0.455 e. The van der Waals surface area contributed by atoms with Crippen molar-refractivity contribution < 1.29 is 9.21 Å². The zero-order chi connectivity index (χ0) is 14.2. The molecule has 0 radical (unpaired) electrons. The van der Waals surface area contributed by atoms with Crippen molar-refractivity contribution in [2.45, 2.75) is 0 Å². The molecule has 2 aromatic carbocycles. The van der Waals surface area contributed by atoms with Gasteiger partial charge in [0.05, 0.1) is 0 Å². The van der Waals surface area contributed by atoms with E-state index in [1.165, 1.54) is 6.08 Å². The quantitative estimate of drug-likeness (QED) is 0.383. The molecule has 100 valence electrons. The van der Waals surface area contributed by atoms with Crippen molar-refractivity contribution in [1.82, 2.24) is 0 Å². The number of carbonyl (C=O) groups excluding carboxylic acids is 1. The van der Waals surface area contributed by atoms with Gasteiger partial charge in [0.1, 0.15) is 17.6 Å². The van der Waals surface area contributed by atoms with Crippen LogP contribution in [0.15, 0.2) is 65.1 Å². The molecule has 2 nitrogen and oxygen atoms in total. The molecule has 0 amide bonds. The largest absolute Gasteiger partial charge is 0.455 e. The van der Waals surface area contributed by atoms with E-state index >= 15 is 0 Å². The first-order valence-electron chi connectivity index (χ1n) is 6.83. The molecule has 1 aliphatic carbocycles. The van der Waals surface area contributed by atoms with E-state index in [-0.39, 0.29) is 0 Å². The zero-order valence-corrected chi connectivity index (χ0v) is 11.2. The summed E-state index contributed by atoms with van der Waals surface area (Å²) in [6.45, 7) is 0. The average molecular weight is 272 g/mol. The third-order valence-corrected chi connectivity index (χ3v) is 3.77. The number of allylic oxidation sites excluding steroid dienone is 1. The molecule has 21 heavy (non-hydrogen) atoms. The van der Waals surface area contributed by atoms with E-state index in [1.54, 1.807) is 0 Å². The van der Waals surface area contributed by atoms with Gasteiger partial charge in [-0.3, -0.25) is 4.79 Å². The minimum atomic E-state index is 0.786. The van der Waals surface area contributed by atoms with Gasteiger partial charge >= 0.3 is 0 Å². The van der Waals surface area contributed by atoms with Crippen LogP contribution in [0, 0.1) is 0 Å². The number of hydrogen-bond acceptors (Lipinski definition) is 2. The molecule has 0 bridgehead atoms. The summed E-state index contributed by atoms with van der Waals surface area (Å²) in [6.07, 6.45) is 4.11. The molecule has 0 unspecified atom stereocenters. The molecule has 1 heterocycles. The van der Waals surface area contributed by atoms with Crippen LogP contribution < -0.4 is 0 Å². The predicted octanol–water partition coefficient (Wildman–Crippen LogP) is 4.90. The Balaban J connectivity index is 2.20. The third kappa shape index (κ3) is 1.77. The Morgan fingerprint density at radius 2 is 1.67 bits per heavy atom. The summed E-state index contributed by atoms with van der Waals surface area (Å²) in [7, 11) is 0. The van der Waals surface area contributed by atoms with Crippen LogP contribution in [-0.2, 0) is 4.79 Å². The second-order valence-corrected chi connectivity index (χ2v) is 4.98. The zero-order valence-electron chi connectivity index (χ0n) is 11.2. The van der Waals surface area contributed by atoms with Gasteiger partial charge in [0.25, 0.3) is 0 Å². The molecule has 0 saturated heterocycles. The van der Waals surface area contributed by atoms with Gasteiger partial charge in [-0.05, 0) is 35.1 Å². The molecule has 0 N–H and O–H groups in total. The maximum Gasteiger partial charge on any atom is 0.143 e. The van der Waals surface area contributed by atoms with E-state index in [9.17, 15) is 4.79 Å². The normalized spacial score (nSPS) is 11.8. The van der Waals surface area contributed by atoms with E-state index in [1.807, 2.05) is 42.5 Å². The van der Waals surface area contributed by atoms with E-state index < -0.39 is 0 Å². The summed E-state index contributed by atoms with van der Waals surface area (Å²) in [5.74, 6) is 0.827. The smallest absolute Gasteiger partial charge is 0.143 e. The maximum absolute atomic E-state index is 10.7. The fraction of sp³-hybridized carbons (Fsp3) is 0. The number of aldehydes is 1. The first kappa shape index (κ1) is 11.9. The number of benzene rings is 2. The standard InChI is InChI=1S/C19H12O2/c20-11-5-9-16-14-7-2-3-8-15(14)17-12-13-6-1-4-10-18(13)21-19(16)17/h1-12H/b9-5+. The fourth-order valence-electron chi connectivity index (χ4n) is 2.85. The maximum atomic E-state index is 10.7. The lowest BCUT2D eigenvalue weighted by molar-refractivity contribution is -0.104. The van der Waals surface area contributed by atoms with Crippen molar-refractivity contribution in [3.8, 4) is 11.3 Å². The molecular weight excluding hydrogens is 260 g/mol. The Hall–Kier alpha value is -2.87. The summed E-state index contributed by atoms with van der Waals surface area (Å²) in [6, 6.07) is 18.3. The summed E-state index contributed by atoms with van der Waals surface area (Å²) in [4.78, 5) is 10.7. The van der Waals surface area contributed by atoms with Crippen molar-refractivity contribution in [2.75, 3.05) is 0 Å². The highest BCUT2D eigenvalue weighted by atomic mass is 16.3. The molecule has 0 spiro atoms. The van der Waals surface area contributed by atoms with Crippen molar-refractivity contribution in [3.05, 3.63) is 66.2 Å². The first-order valence-corrected chi connectivity index (χ1v) is 6.83. The van der Waals surface area contributed by atoms with Gasteiger partial charge in [-0.1, -0.05) is 42.5 Å². The van der Waals surface area contributed by atoms with E-state index in [4.69, 9.17) is 4.42 Å². The van der Waals surface area contributed by atoms with Gasteiger partial charge in [0, 0.05) is 16.5 Å². The van der Waals surface area contributed by atoms with Crippen LogP contribution in [0.2, 0.25) is 0 Å². The van der Waals surface area contributed by atoms with Crippen molar-refractivity contribution in [1.29, 1.82) is 0 Å². The third-order valence-electron chi connectivity index (χ3n) is 3.77. The topological polar surface area (TPSA) is 30.2 Å². The Labute approximate surface area is 121 Å². The number of rotatable bonds is 2. The highest BCUT2D eigenvalue weighted by molar-refractivity contribution is 6.10. The van der Waals surface area contributed by atoms with Gasteiger partial charge in [0.15, 0.2) is 0 Å². The monoisotopic (exact) mass is 272 g/mol. The fourth-order valence-corrected chi connectivity index (χ4v) is 2.85. The molecule has 0 saturated carbocycles. The summed E-state index contributed by atoms with van der Waals surface area (Å²) < 4.78 is 6.09. The first-order chi connectivity index (χ1) is 10.4. The summed E-state index contributed by atoms with van der Waals surface area (Å²) in [5.41, 5.74) is 2.88. The molecular formula is C19H12O2. The van der Waals surface area contributed by atoms with Crippen LogP contribution in [-0.4, -0.2) is 6.29 Å². The molecule has 1 aliphatic heterocycles. The van der Waals surface area contributed by atoms with E-state index in [0.29, 0.717) is 0 Å². The predicted molar refractivity (Wildman–Crippen MR) is 85.4 cm³/mol. The number of para-hydroxylation sites is 1. The van der Waals surface area contributed by atoms with Crippen LogP contribution in [0.4, 0.5) is 0 Å². The van der Waals surface area contributed by atoms with Crippen LogP contribution in [0.1, 0.15) is 5.56 Å². The highest BCUT2D eigenvalue weighted by Crippen LogP contribution is 2.41. The van der Waals surface area contributed by atoms with Crippen LogP contribution in [0.5, 0.6) is 0 Å². The van der Waals surface area contributed by atoms with Crippen molar-refractivity contribution in [3.63, 3.8) is 0 Å². The van der Waals surface area contributed by atoms with Gasteiger partial charge in [-0.15, -0.1) is 0 Å². The van der Waals surface area contributed by atoms with Gasteiger partial charge in [0.2, 0.25) is 0 Å². The Kier molecular flexibility index (Phi) is 2.61. The second kappa shape index (κ2) is 4.60. The summed E-state index contributed by atoms with van der Waals surface area (Å²) >= 11 is 0. The second-order valence-electron chi connectivity index (χ2n) is 4.98. The van der Waals surface area contributed by atoms with E-state index in [0.717, 1.165) is 44.9 Å². The number of hydrogen-bond donors (Lipinski definition) is 0. The van der Waals surface area contributed by atoms with Crippen LogP contribution >= 0.6 is 0 Å². The minimum absolute atomic E-state index is 0.786. The molecule has 0 atom stereocenters. The molecule has 0 fully saturated rings. The lowest BCUT2D eigenvalue weighted by atomic mass is 10.1. The Morgan fingerprint density at radius 1 is 0.905 bits per heavy atom. The Bertz CT molecular complexity index is 960. The Morgan fingerprint density at radius 3 is 2.52 bits per heavy atom.